The minimum Gasteiger partial charge on any atom is -0.468 e. The predicted octanol–water partition coefficient (Wildman–Crippen LogP) is 4.76. The van der Waals surface area contributed by atoms with E-state index >= 15 is 0 Å². The second kappa shape index (κ2) is 13.8. The summed E-state index contributed by atoms with van der Waals surface area (Å²) in [6, 6.07) is 19.1. The molecular formula is C31H32N2O6S. The summed E-state index contributed by atoms with van der Waals surface area (Å²) >= 11 is 1.41. The van der Waals surface area contributed by atoms with E-state index in [1.165, 1.54) is 11.8 Å². The van der Waals surface area contributed by atoms with Crippen molar-refractivity contribution in [1.82, 2.24) is 10.6 Å². The fourth-order valence-corrected chi connectivity index (χ4v) is 5.13. The third-order valence-electron chi connectivity index (χ3n) is 6.24. The summed E-state index contributed by atoms with van der Waals surface area (Å²) in [6.07, 6.45) is 2.23. The van der Waals surface area contributed by atoms with Crippen LogP contribution in [0.1, 0.15) is 42.1 Å². The molecule has 2 aromatic carbocycles. The molecule has 0 aliphatic heterocycles. The lowest BCUT2D eigenvalue weighted by Gasteiger charge is -2.24. The zero-order valence-corrected chi connectivity index (χ0v) is 23.2. The molecule has 2 N–H and O–H groups in total. The first-order valence-corrected chi connectivity index (χ1v) is 14.3. The van der Waals surface area contributed by atoms with Gasteiger partial charge in [0.25, 0.3) is 5.91 Å². The Kier molecular flexibility index (Phi) is 9.96. The fourth-order valence-electron chi connectivity index (χ4n) is 4.26. The first kappa shape index (κ1) is 28.9. The zero-order chi connectivity index (χ0) is 28.5. The third-order valence-corrected chi connectivity index (χ3v) is 7.22. The maximum Gasteiger partial charge on any atom is 0.287 e. The molecule has 0 aliphatic rings. The van der Waals surface area contributed by atoms with Gasteiger partial charge in [-0.2, -0.15) is 0 Å². The molecule has 0 fully saturated rings. The van der Waals surface area contributed by atoms with Crippen LogP contribution in [0.5, 0.6) is 0 Å². The van der Waals surface area contributed by atoms with Crippen LogP contribution in [0, 0.1) is 5.92 Å². The van der Waals surface area contributed by atoms with Crippen molar-refractivity contribution < 1.29 is 23.2 Å². The van der Waals surface area contributed by atoms with Crippen LogP contribution in [0.2, 0.25) is 0 Å². The molecule has 0 radical (unpaired) electrons. The van der Waals surface area contributed by atoms with Gasteiger partial charge in [0.1, 0.15) is 17.4 Å². The molecule has 0 saturated heterocycles. The number of para-hydroxylation sites is 1. The topological polar surface area (TPSA) is 119 Å². The van der Waals surface area contributed by atoms with Gasteiger partial charge in [0.15, 0.2) is 17.0 Å². The van der Waals surface area contributed by atoms with Gasteiger partial charge in [-0.25, -0.2) is 0 Å². The number of hydrogen-bond acceptors (Lipinski definition) is 7. The van der Waals surface area contributed by atoms with Crippen LogP contribution in [0.25, 0.3) is 11.0 Å². The van der Waals surface area contributed by atoms with Crippen molar-refractivity contribution >= 4 is 40.3 Å². The van der Waals surface area contributed by atoms with E-state index in [-0.39, 0.29) is 34.2 Å². The molecule has 9 heteroatoms. The minimum absolute atomic E-state index is 0.0618. The molecule has 4 aromatic rings. The number of fused-ring (bicyclic) bond motifs is 1. The Bertz CT molecular complexity index is 1500. The van der Waals surface area contributed by atoms with E-state index in [0.717, 1.165) is 17.4 Å². The Morgan fingerprint density at radius 1 is 0.900 bits per heavy atom. The van der Waals surface area contributed by atoms with E-state index in [9.17, 15) is 19.2 Å². The van der Waals surface area contributed by atoms with Gasteiger partial charge in [-0.15, -0.1) is 11.8 Å². The molecule has 2 amide bonds. The van der Waals surface area contributed by atoms with E-state index < -0.39 is 23.9 Å². The number of rotatable bonds is 13. The number of carbonyl (C=O) groups excluding carboxylic acids is 3. The Labute approximate surface area is 236 Å². The molecule has 0 spiro atoms. The van der Waals surface area contributed by atoms with Gasteiger partial charge in [0, 0.05) is 6.07 Å². The van der Waals surface area contributed by atoms with E-state index in [0.29, 0.717) is 24.0 Å². The van der Waals surface area contributed by atoms with Crippen molar-refractivity contribution in [3.8, 4) is 0 Å². The van der Waals surface area contributed by atoms with Crippen LogP contribution in [-0.2, 0) is 21.8 Å². The second-order valence-corrected chi connectivity index (χ2v) is 10.9. The van der Waals surface area contributed by atoms with Crippen molar-refractivity contribution in [2.45, 2.75) is 44.5 Å². The van der Waals surface area contributed by atoms with Crippen molar-refractivity contribution in [2.24, 2.45) is 5.92 Å². The first-order valence-electron chi connectivity index (χ1n) is 13.1. The lowest BCUT2D eigenvalue weighted by Crippen LogP contribution is -2.53. The standard InChI is InChI=1S/C31H32N2O6S/c1-20(2)15-25(33-31(37)29-17-26(34)23-12-6-7-13-28(23)39-29)30(36)32-24(16-21-9-4-3-5-10-21)27(35)19-40-18-22-11-8-14-38-22/h3-14,17,20,24-25H,15-16,18-19H2,1-2H3,(H,32,36)(H,33,37). The van der Waals surface area contributed by atoms with Crippen LogP contribution in [0.3, 0.4) is 0 Å². The quantitative estimate of drug-likeness (QED) is 0.242. The summed E-state index contributed by atoms with van der Waals surface area (Å²) in [5.74, 6) is 0.0724. The Morgan fingerprint density at radius 2 is 1.65 bits per heavy atom. The Hall–Kier alpha value is -4.11. The lowest BCUT2D eigenvalue weighted by atomic mass is 10.00. The van der Waals surface area contributed by atoms with Crippen LogP contribution in [0.15, 0.2) is 92.7 Å². The number of amides is 2. The average molecular weight is 561 g/mol. The maximum absolute atomic E-state index is 13.5. The van der Waals surface area contributed by atoms with E-state index in [4.69, 9.17) is 8.83 Å². The molecule has 0 bridgehead atoms. The Morgan fingerprint density at radius 3 is 2.38 bits per heavy atom. The lowest BCUT2D eigenvalue weighted by molar-refractivity contribution is -0.128. The van der Waals surface area contributed by atoms with Crippen molar-refractivity contribution in [3.63, 3.8) is 0 Å². The molecule has 0 aliphatic carbocycles. The SMILES string of the molecule is CC(C)CC(NC(=O)c1cc(=O)c2ccccc2o1)C(=O)NC(Cc1ccccc1)C(=O)CSCc1ccco1. The first-order chi connectivity index (χ1) is 19.3. The smallest absolute Gasteiger partial charge is 0.287 e. The summed E-state index contributed by atoms with van der Waals surface area (Å²) in [4.78, 5) is 52.3. The van der Waals surface area contributed by atoms with E-state index in [1.54, 1.807) is 36.6 Å². The number of carbonyl (C=O) groups is 3. The van der Waals surface area contributed by atoms with Crippen molar-refractivity contribution in [3.05, 3.63) is 106 Å². The van der Waals surface area contributed by atoms with Crippen LogP contribution in [-0.4, -0.2) is 35.4 Å². The highest BCUT2D eigenvalue weighted by Gasteiger charge is 2.28. The summed E-state index contributed by atoms with van der Waals surface area (Å²) < 4.78 is 11.0. The number of Topliss-reactive ketones (excluding diaryl/α,β-unsaturated/α-hetero) is 1. The highest BCUT2D eigenvalue weighted by Crippen LogP contribution is 2.16. The molecule has 40 heavy (non-hydrogen) atoms. The van der Waals surface area contributed by atoms with Crippen LogP contribution >= 0.6 is 11.8 Å². The van der Waals surface area contributed by atoms with Gasteiger partial charge in [-0.1, -0.05) is 56.3 Å². The third kappa shape index (κ3) is 7.95. The van der Waals surface area contributed by atoms with Crippen molar-refractivity contribution in [2.75, 3.05) is 5.75 Å². The molecule has 2 unspecified atom stereocenters. The highest BCUT2D eigenvalue weighted by molar-refractivity contribution is 7.99. The molecule has 8 nitrogen and oxygen atoms in total. The molecule has 2 heterocycles. The predicted molar refractivity (Wildman–Crippen MR) is 155 cm³/mol. The molecule has 4 rings (SSSR count). The number of furan rings is 1. The van der Waals surface area contributed by atoms with Crippen LogP contribution < -0.4 is 16.1 Å². The normalized spacial score (nSPS) is 12.7. The highest BCUT2D eigenvalue weighted by atomic mass is 32.2. The van der Waals surface area contributed by atoms with E-state index in [2.05, 4.69) is 10.6 Å². The molecule has 2 atom stereocenters. The number of nitrogens with one attached hydrogen (secondary N) is 2. The summed E-state index contributed by atoms with van der Waals surface area (Å²) in [6.45, 7) is 3.86. The van der Waals surface area contributed by atoms with Crippen LogP contribution in [0.4, 0.5) is 0 Å². The Balaban J connectivity index is 1.49. The summed E-state index contributed by atoms with van der Waals surface area (Å²) in [7, 11) is 0. The zero-order valence-electron chi connectivity index (χ0n) is 22.4. The van der Waals surface area contributed by atoms with Gasteiger partial charge in [-0.3, -0.25) is 19.2 Å². The van der Waals surface area contributed by atoms with E-state index in [1.807, 2.05) is 50.2 Å². The van der Waals surface area contributed by atoms with Gasteiger partial charge in [-0.05, 0) is 48.6 Å². The number of hydrogen-bond donors (Lipinski definition) is 2. The minimum atomic E-state index is -0.939. The summed E-state index contributed by atoms with van der Waals surface area (Å²) in [5, 5.41) is 5.96. The average Bonchev–Trinajstić information content (AvgIpc) is 3.46. The summed E-state index contributed by atoms with van der Waals surface area (Å²) in [5.41, 5.74) is 0.836. The monoisotopic (exact) mass is 560 g/mol. The molecular weight excluding hydrogens is 528 g/mol. The number of ketones is 1. The van der Waals surface area contributed by atoms with Gasteiger partial charge >= 0.3 is 0 Å². The largest absolute Gasteiger partial charge is 0.468 e. The second-order valence-electron chi connectivity index (χ2n) is 9.92. The number of benzene rings is 2. The molecule has 2 aromatic heterocycles. The van der Waals surface area contributed by atoms with Gasteiger partial charge in [0.2, 0.25) is 5.91 Å². The van der Waals surface area contributed by atoms with Gasteiger partial charge in [0.05, 0.1) is 29.2 Å². The maximum atomic E-state index is 13.5. The molecule has 208 valence electrons. The molecule has 0 saturated carbocycles. The fraction of sp³-hybridized carbons (Fsp3) is 0.290. The van der Waals surface area contributed by atoms with Gasteiger partial charge < -0.3 is 19.5 Å². The van der Waals surface area contributed by atoms with Crippen molar-refractivity contribution in [1.29, 1.82) is 0 Å². The number of thioether (sulfide) groups is 1.